The van der Waals surface area contributed by atoms with Crippen LogP contribution in [0.3, 0.4) is 0 Å². The van der Waals surface area contributed by atoms with E-state index in [2.05, 4.69) is 10.2 Å². The summed E-state index contributed by atoms with van der Waals surface area (Å²) < 4.78 is 13.4. The van der Waals surface area contributed by atoms with E-state index in [0.717, 1.165) is 6.07 Å². The van der Waals surface area contributed by atoms with Gasteiger partial charge in [-0.3, -0.25) is 10.1 Å². The largest absolute Gasteiger partial charge is 0.574 e. The number of aromatic hydroxyl groups is 1. The van der Waals surface area contributed by atoms with Gasteiger partial charge in [-0.15, -0.1) is 5.52 Å². The maximum absolute atomic E-state index is 13.4. The molecule has 6 nitrogen and oxygen atoms in total. The molecule has 0 saturated carbocycles. The topological polar surface area (TPSA) is 90.4 Å². The molecule has 3 aromatic rings. The molecule has 0 aliphatic carbocycles. The summed E-state index contributed by atoms with van der Waals surface area (Å²) >= 11 is 0. The van der Waals surface area contributed by atoms with Crippen molar-refractivity contribution in [2.45, 2.75) is 0 Å². The van der Waals surface area contributed by atoms with Crippen LogP contribution < -0.4 is 5.10 Å². The second kappa shape index (κ2) is 5.59. The number of benzene rings is 2. The Morgan fingerprint density at radius 1 is 1.24 bits per heavy atom. The van der Waals surface area contributed by atoms with Gasteiger partial charge in [0.1, 0.15) is 0 Å². The number of nitro benzene ring substituents is 1. The van der Waals surface area contributed by atoms with Crippen LogP contribution in [0.4, 0.5) is 10.1 Å². The van der Waals surface area contributed by atoms with Crippen LogP contribution in [0.25, 0.3) is 22.2 Å². The number of phenols is 1. The molecular weight excluding hydrogens is 457 g/mol. The molecule has 0 aliphatic rings. The van der Waals surface area contributed by atoms with Gasteiger partial charge in [0.25, 0.3) is 5.69 Å². The molecule has 109 valence electrons. The zero-order valence-electron chi connectivity index (χ0n) is 10.3. The third-order valence-electron chi connectivity index (χ3n) is 2.92. The van der Waals surface area contributed by atoms with Gasteiger partial charge in [0.2, 0.25) is 0 Å². The Labute approximate surface area is 131 Å². The number of aromatic nitrogens is 2. The summed E-state index contributed by atoms with van der Waals surface area (Å²) in [5.74, 6) is -1.26. The zero-order chi connectivity index (χ0) is 14.3. The number of fused-ring (bicyclic) bond motifs is 1. The molecule has 0 unspecified atom stereocenters. The quantitative estimate of drug-likeness (QED) is 0.465. The maximum Gasteiger partial charge on any atom is 0.270 e. The van der Waals surface area contributed by atoms with Gasteiger partial charge in [-0.05, 0) is 23.6 Å². The van der Waals surface area contributed by atoms with Crippen molar-refractivity contribution in [2.75, 3.05) is 0 Å². The van der Waals surface area contributed by atoms with E-state index in [1.54, 1.807) is 0 Å². The first kappa shape index (κ1) is 15.1. The first-order valence-corrected chi connectivity index (χ1v) is 5.62. The van der Waals surface area contributed by atoms with Gasteiger partial charge >= 0.3 is 0 Å². The summed E-state index contributed by atoms with van der Waals surface area (Å²) in [5.41, 5.74) is 1.12. The minimum absolute atomic E-state index is 0. The number of halogens is 1. The van der Waals surface area contributed by atoms with E-state index >= 15 is 0 Å². The van der Waals surface area contributed by atoms with E-state index in [1.807, 2.05) is 0 Å². The van der Waals surface area contributed by atoms with Crippen molar-refractivity contribution in [3.8, 4) is 17.0 Å². The van der Waals surface area contributed by atoms with Gasteiger partial charge in [-0.1, -0.05) is 6.07 Å². The van der Waals surface area contributed by atoms with E-state index in [9.17, 15) is 19.6 Å². The number of nitrogens with zero attached hydrogens (tertiary/aromatic N) is 3. The van der Waals surface area contributed by atoms with Crippen LogP contribution in [0.15, 0.2) is 36.4 Å². The molecule has 1 N–H and O–H groups in total. The summed E-state index contributed by atoms with van der Waals surface area (Å²) in [4.78, 5) is 10.3. The normalized spacial score (nSPS) is 10.3. The summed E-state index contributed by atoms with van der Waals surface area (Å²) in [6, 6.07) is 7.94. The summed E-state index contributed by atoms with van der Waals surface area (Å²) in [7, 11) is 0. The molecule has 0 bridgehead atoms. The molecule has 0 amide bonds. The Morgan fingerprint density at radius 2 is 2.00 bits per heavy atom. The standard InChI is InChI=1S/C13H7FN3O3.Ir/c14-10-5-7(1-4-12(10)18)13-9-6-8(17(19)20)2-3-11(9)15-16-13;/h1-6H,(H-,15,16,18);/q-1;. The van der Waals surface area contributed by atoms with Crippen LogP contribution in [0.1, 0.15) is 0 Å². The molecule has 1 radical (unpaired) electrons. The molecule has 21 heavy (non-hydrogen) atoms. The van der Waals surface area contributed by atoms with E-state index < -0.39 is 16.5 Å². The Balaban J connectivity index is 0.00000161. The molecule has 0 fully saturated rings. The van der Waals surface area contributed by atoms with Crippen molar-refractivity contribution in [2.24, 2.45) is 0 Å². The van der Waals surface area contributed by atoms with E-state index in [1.165, 1.54) is 30.3 Å². The minimum Gasteiger partial charge on any atom is -0.574 e. The van der Waals surface area contributed by atoms with Crippen LogP contribution in [-0.4, -0.2) is 15.1 Å². The number of nitro groups is 1. The average molecular weight is 464 g/mol. The predicted octanol–water partition coefficient (Wildman–Crippen LogP) is 2.61. The fourth-order valence-electron chi connectivity index (χ4n) is 1.94. The van der Waals surface area contributed by atoms with Gasteiger partial charge in [0.05, 0.1) is 10.6 Å². The number of hydrogen-bond donors (Lipinski definition) is 1. The minimum atomic E-state index is -0.788. The molecule has 0 atom stereocenters. The Kier molecular flexibility index (Phi) is 4.02. The van der Waals surface area contributed by atoms with Gasteiger partial charge in [0, 0.05) is 37.8 Å². The first-order valence-electron chi connectivity index (χ1n) is 5.62. The molecule has 3 rings (SSSR count). The number of rotatable bonds is 2. The fourth-order valence-corrected chi connectivity index (χ4v) is 1.94. The van der Waals surface area contributed by atoms with Crippen molar-refractivity contribution in [1.82, 2.24) is 10.2 Å². The predicted molar refractivity (Wildman–Crippen MR) is 68.8 cm³/mol. The zero-order valence-corrected chi connectivity index (χ0v) is 12.7. The van der Waals surface area contributed by atoms with Crippen LogP contribution in [0.2, 0.25) is 0 Å². The number of hydrogen-bond acceptors (Lipinski definition) is 4. The van der Waals surface area contributed by atoms with Crippen LogP contribution in [0.5, 0.6) is 5.75 Å². The van der Waals surface area contributed by atoms with Gasteiger partial charge < -0.3 is 15.3 Å². The Morgan fingerprint density at radius 3 is 2.67 bits per heavy atom. The molecule has 0 saturated heterocycles. The second-order valence-electron chi connectivity index (χ2n) is 4.17. The third kappa shape index (κ3) is 2.63. The summed E-state index contributed by atoms with van der Waals surface area (Å²) in [5, 5.41) is 28.2. The van der Waals surface area contributed by atoms with Crippen molar-refractivity contribution in [3.05, 3.63) is 52.3 Å². The van der Waals surface area contributed by atoms with Crippen molar-refractivity contribution in [3.63, 3.8) is 0 Å². The van der Waals surface area contributed by atoms with Gasteiger partial charge in [-0.2, -0.15) is 0 Å². The SMILES string of the molecule is O=[N+]([O-])c1ccc2[n-]nc(-c3ccc(O)c(F)c3)c2c1.[Ir]. The van der Waals surface area contributed by atoms with E-state index in [-0.39, 0.29) is 25.8 Å². The Bertz CT molecular complexity index is 835. The maximum atomic E-state index is 13.4. The summed E-state index contributed by atoms with van der Waals surface area (Å²) in [6.45, 7) is 0. The summed E-state index contributed by atoms with van der Waals surface area (Å²) in [6.07, 6.45) is 0. The smallest absolute Gasteiger partial charge is 0.270 e. The number of non-ortho nitro benzene ring substituents is 1. The van der Waals surface area contributed by atoms with Crippen molar-refractivity contribution < 1.29 is 34.5 Å². The molecule has 1 aromatic heterocycles. The molecule has 0 aliphatic heterocycles. The second-order valence-corrected chi connectivity index (χ2v) is 4.17. The van der Waals surface area contributed by atoms with Crippen LogP contribution in [-0.2, 0) is 20.1 Å². The molecule has 8 heteroatoms. The third-order valence-corrected chi connectivity index (χ3v) is 2.92. The molecule has 2 aromatic carbocycles. The molecule has 0 spiro atoms. The van der Waals surface area contributed by atoms with Gasteiger partial charge in [-0.25, -0.2) is 4.39 Å². The molecular formula is C13H7FIrN3O3-. The van der Waals surface area contributed by atoms with Crippen molar-refractivity contribution in [1.29, 1.82) is 0 Å². The van der Waals surface area contributed by atoms with E-state index in [4.69, 9.17) is 0 Å². The first-order chi connectivity index (χ1) is 9.56. The number of phenolic OH excluding ortho intramolecular Hbond substituents is 1. The van der Waals surface area contributed by atoms with Crippen LogP contribution in [0, 0.1) is 15.9 Å². The van der Waals surface area contributed by atoms with E-state index in [0.29, 0.717) is 22.2 Å². The fraction of sp³-hybridized carbons (Fsp3) is 0. The Hall–Kier alpha value is -2.31. The molecule has 1 heterocycles. The monoisotopic (exact) mass is 465 g/mol. The van der Waals surface area contributed by atoms with Crippen LogP contribution >= 0.6 is 0 Å². The average Bonchev–Trinajstić information content (AvgIpc) is 2.84. The van der Waals surface area contributed by atoms with Gasteiger partial charge in [0.15, 0.2) is 11.6 Å². The van der Waals surface area contributed by atoms with Crippen molar-refractivity contribution >= 4 is 16.6 Å².